The van der Waals surface area contributed by atoms with Gasteiger partial charge in [0.2, 0.25) is 0 Å². The average molecular weight is 214 g/mol. The maximum Gasteiger partial charge on any atom is 0.0645 e. The molecule has 2 saturated heterocycles. The Morgan fingerprint density at radius 3 is 2.53 bits per heavy atom. The van der Waals surface area contributed by atoms with E-state index < -0.39 is 0 Å². The van der Waals surface area contributed by atoms with Crippen LogP contribution in [0.5, 0.6) is 0 Å². The van der Waals surface area contributed by atoms with Crippen LogP contribution in [-0.4, -0.2) is 39.1 Å². The predicted molar refractivity (Wildman–Crippen MR) is 57.9 cm³/mol. The van der Waals surface area contributed by atoms with E-state index in [1.165, 1.54) is 0 Å². The summed E-state index contributed by atoms with van der Waals surface area (Å²) in [6.45, 7) is 8.74. The van der Waals surface area contributed by atoms with Crippen LogP contribution in [0.4, 0.5) is 0 Å². The van der Waals surface area contributed by atoms with Crippen molar-refractivity contribution in [1.29, 1.82) is 0 Å². The molecule has 2 aliphatic heterocycles. The van der Waals surface area contributed by atoms with Gasteiger partial charge in [0.05, 0.1) is 39.1 Å². The van der Waals surface area contributed by atoms with E-state index in [9.17, 15) is 0 Å². The Kier molecular flexibility index (Phi) is 3.65. The maximum absolute atomic E-state index is 5.81. The van der Waals surface area contributed by atoms with Crippen LogP contribution >= 0.6 is 0 Å². The van der Waals surface area contributed by atoms with Crippen LogP contribution in [0.2, 0.25) is 0 Å². The van der Waals surface area contributed by atoms with Crippen LogP contribution in [0, 0.1) is 11.3 Å². The molecule has 2 atom stereocenters. The minimum absolute atomic E-state index is 0.326. The van der Waals surface area contributed by atoms with Gasteiger partial charge in [0, 0.05) is 11.3 Å². The third-order valence-corrected chi connectivity index (χ3v) is 3.76. The molecule has 2 heterocycles. The number of hydrogen-bond acceptors (Lipinski definition) is 3. The van der Waals surface area contributed by atoms with Crippen molar-refractivity contribution in [2.24, 2.45) is 11.3 Å². The van der Waals surface area contributed by atoms with Crippen LogP contribution in [0.25, 0.3) is 0 Å². The fourth-order valence-corrected chi connectivity index (χ4v) is 2.18. The molecule has 3 heteroatoms. The molecular weight excluding hydrogens is 192 g/mol. The Morgan fingerprint density at radius 1 is 1.33 bits per heavy atom. The minimum atomic E-state index is 0.326. The van der Waals surface area contributed by atoms with Crippen LogP contribution in [-0.2, 0) is 14.2 Å². The van der Waals surface area contributed by atoms with E-state index >= 15 is 0 Å². The molecule has 2 unspecified atom stereocenters. The zero-order valence-electron chi connectivity index (χ0n) is 9.83. The molecule has 0 saturated carbocycles. The van der Waals surface area contributed by atoms with Gasteiger partial charge in [-0.25, -0.2) is 0 Å². The molecule has 0 radical (unpaired) electrons. The molecule has 2 rings (SSSR count). The SMILES string of the molecule is CCC1OCC1COCC1(CC)COC1. The lowest BCUT2D eigenvalue weighted by Crippen LogP contribution is -2.47. The first-order chi connectivity index (χ1) is 7.29. The molecular formula is C12H22O3. The van der Waals surface area contributed by atoms with E-state index in [2.05, 4.69) is 13.8 Å². The molecule has 0 amide bonds. The van der Waals surface area contributed by atoms with Crippen LogP contribution in [0.1, 0.15) is 26.7 Å². The van der Waals surface area contributed by atoms with Crippen molar-refractivity contribution >= 4 is 0 Å². The molecule has 0 spiro atoms. The zero-order chi connectivity index (χ0) is 10.7. The van der Waals surface area contributed by atoms with Gasteiger partial charge in [-0.2, -0.15) is 0 Å². The second-order valence-electron chi connectivity index (χ2n) is 4.90. The first-order valence-electron chi connectivity index (χ1n) is 6.07. The Labute approximate surface area is 92.1 Å². The molecule has 3 nitrogen and oxygen atoms in total. The van der Waals surface area contributed by atoms with Crippen molar-refractivity contribution in [1.82, 2.24) is 0 Å². The van der Waals surface area contributed by atoms with Crippen molar-refractivity contribution in [3.8, 4) is 0 Å². The molecule has 0 aromatic rings. The van der Waals surface area contributed by atoms with E-state index in [-0.39, 0.29) is 0 Å². The molecule has 0 aromatic heterocycles. The Hall–Kier alpha value is -0.120. The summed E-state index contributed by atoms with van der Waals surface area (Å²) in [5.41, 5.74) is 0.326. The fourth-order valence-electron chi connectivity index (χ4n) is 2.18. The van der Waals surface area contributed by atoms with Crippen molar-refractivity contribution in [3.05, 3.63) is 0 Å². The summed E-state index contributed by atoms with van der Waals surface area (Å²) in [7, 11) is 0. The smallest absolute Gasteiger partial charge is 0.0645 e. The number of ether oxygens (including phenoxy) is 3. The topological polar surface area (TPSA) is 27.7 Å². The van der Waals surface area contributed by atoms with Gasteiger partial charge in [0.25, 0.3) is 0 Å². The molecule has 0 N–H and O–H groups in total. The summed E-state index contributed by atoms with van der Waals surface area (Å²) < 4.78 is 16.5. The minimum Gasteiger partial charge on any atom is -0.380 e. The van der Waals surface area contributed by atoms with E-state index in [0.717, 1.165) is 45.9 Å². The summed E-state index contributed by atoms with van der Waals surface area (Å²) in [4.78, 5) is 0. The van der Waals surface area contributed by atoms with Gasteiger partial charge in [0.15, 0.2) is 0 Å². The third kappa shape index (κ3) is 2.35. The maximum atomic E-state index is 5.81. The second kappa shape index (κ2) is 4.81. The van der Waals surface area contributed by atoms with Gasteiger partial charge in [0.1, 0.15) is 0 Å². The molecule has 0 aromatic carbocycles. The van der Waals surface area contributed by atoms with E-state index in [4.69, 9.17) is 14.2 Å². The Bertz CT molecular complexity index is 194. The largest absolute Gasteiger partial charge is 0.380 e. The fraction of sp³-hybridized carbons (Fsp3) is 1.00. The monoisotopic (exact) mass is 214 g/mol. The predicted octanol–water partition coefficient (Wildman–Crippen LogP) is 1.85. The van der Waals surface area contributed by atoms with Crippen molar-refractivity contribution in [2.75, 3.05) is 33.0 Å². The lowest BCUT2D eigenvalue weighted by Gasteiger charge is -2.42. The molecule has 2 aliphatic rings. The highest BCUT2D eigenvalue weighted by Gasteiger charge is 2.38. The summed E-state index contributed by atoms with van der Waals surface area (Å²) in [5, 5.41) is 0. The van der Waals surface area contributed by atoms with Crippen LogP contribution in [0.15, 0.2) is 0 Å². The number of rotatable bonds is 6. The van der Waals surface area contributed by atoms with Crippen molar-refractivity contribution < 1.29 is 14.2 Å². The van der Waals surface area contributed by atoms with Gasteiger partial charge in [-0.15, -0.1) is 0 Å². The standard InChI is InChI=1S/C12H22O3/c1-3-11-10(6-15-11)5-13-7-12(4-2)8-14-9-12/h10-11H,3-9H2,1-2H3. The quantitative estimate of drug-likeness (QED) is 0.675. The highest BCUT2D eigenvalue weighted by molar-refractivity contribution is 4.84. The van der Waals surface area contributed by atoms with Gasteiger partial charge in [-0.3, -0.25) is 0 Å². The van der Waals surface area contributed by atoms with E-state index in [0.29, 0.717) is 17.4 Å². The van der Waals surface area contributed by atoms with Crippen LogP contribution < -0.4 is 0 Å². The highest BCUT2D eigenvalue weighted by Crippen LogP contribution is 2.32. The van der Waals surface area contributed by atoms with Gasteiger partial charge in [-0.05, 0) is 12.8 Å². The van der Waals surface area contributed by atoms with Gasteiger partial charge < -0.3 is 14.2 Å². The lowest BCUT2D eigenvalue weighted by molar-refractivity contribution is -0.178. The molecule has 0 aliphatic carbocycles. The highest BCUT2D eigenvalue weighted by atomic mass is 16.5. The molecule has 15 heavy (non-hydrogen) atoms. The van der Waals surface area contributed by atoms with E-state index in [1.807, 2.05) is 0 Å². The summed E-state index contributed by atoms with van der Waals surface area (Å²) >= 11 is 0. The Balaban J connectivity index is 1.62. The molecule has 0 bridgehead atoms. The Morgan fingerprint density at radius 2 is 2.13 bits per heavy atom. The second-order valence-corrected chi connectivity index (χ2v) is 4.90. The molecule has 2 fully saturated rings. The van der Waals surface area contributed by atoms with Crippen molar-refractivity contribution in [3.63, 3.8) is 0 Å². The van der Waals surface area contributed by atoms with Crippen LogP contribution in [0.3, 0.4) is 0 Å². The summed E-state index contributed by atoms with van der Waals surface area (Å²) in [5.74, 6) is 0.630. The van der Waals surface area contributed by atoms with Gasteiger partial charge >= 0.3 is 0 Å². The normalized spacial score (nSPS) is 33.2. The van der Waals surface area contributed by atoms with E-state index in [1.54, 1.807) is 0 Å². The summed E-state index contributed by atoms with van der Waals surface area (Å²) in [6, 6.07) is 0. The third-order valence-electron chi connectivity index (χ3n) is 3.76. The first-order valence-corrected chi connectivity index (χ1v) is 6.07. The number of hydrogen-bond donors (Lipinski definition) is 0. The average Bonchev–Trinajstić information content (AvgIpc) is 2.15. The zero-order valence-corrected chi connectivity index (χ0v) is 9.83. The van der Waals surface area contributed by atoms with Crippen molar-refractivity contribution in [2.45, 2.75) is 32.8 Å². The first kappa shape index (κ1) is 11.4. The summed E-state index contributed by atoms with van der Waals surface area (Å²) in [6.07, 6.45) is 2.71. The lowest BCUT2D eigenvalue weighted by atomic mass is 9.84. The molecule has 88 valence electrons. The van der Waals surface area contributed by atoms with Gasteiger partial charge in [-0.1, -0.05) is 13.8 Å².